The molecule has 0 unspecified atom stereocenters. The molecule has 0 bridgehead atoms. The van der Waals surface area contributed by atoms with Gasteiger partial charge in [-0.3, -0.25) is 4.79 Å². The molecule has 3 aromatic carbocycles. The topological polar surface area (TPSA) is 52.5 Å². The Hall–Kier alpha value is -3.73. The highest BCUT2D eigenvalue weighted by atomic mass is 16.5. The summed E-state index contributed by atoms with van der Waals surface area (Å²) < 4.78 is 12.9. The van der Waals surface area contributed by atoms with Gasteiger partial charge in [-0.1, -0.05) is 56.3 Å². The molecular weight excluding hydrogens is 436 g/mol. The van der Waals surface area contributed by atoms with E-state index in [1.807, 2.05) is 24.3 Å². The van der Waals surface area contributed by atoms with Crippen molar-refractivity contribution in [1.29, 1.82) is 0 Å². The van der Waals surface area contributed by atoms with Gasteiger partial charge in [0.2, 0.25) is 5.91 Å². The van der Waals surface area contributed by atoms with Gasteiger partial charge in [0.1, 0.15) is 11.5 Å². The largest absolute Gasteiger partial charge is 0.497 e. The van der Waals surface area contributed by atoms with Crippen molar-refractivity contribution in [3.05, 3.63) is 95.7 Å². The number of hydrogen-bond donors (Lipinski definition) is 1. The highest BCUT2D eigenvalue weighted by Gasteiger charge is 2.23. The fraction of sp³-hybridized carbons (Fsp3) is 0.300. The van der Waals surface area contributed by atoms with Crippen LogP contribution in [0.1, 0.15) is 42.9 Å². The summed E-state index contributed by atoms with van der Waals surface area (Å²) in [6.07, 6.45) is 2.59. The number of fused-ring (bicyclic) bond motifs is 1. The third kappa shape index (κ3) is 5.86. The molecule has 0 radical (unpaired) electrons. The number of hydrogen-bond acceptors (Lipinski definition) is 3. The zero-order chi connectivity index (χ0) is 24.8. The summed E-state index contributed by atoms with van der Waals surface area (Å²) in [4.78, 5) is 13.0. The molecule has 1 heterocycles. The van der Waals surface area contributed by atoms with Crippen LogP contribution in [0.4, 0.5) is 0 Å². The fourth-order valence-electron chi connectivity index (χ4n) is 4.43. The lowest BCUT2D eigenvalue weighted by atomic mass is 9.88. The van der Waals surface area contributed by atoms with Gasteiger partial charge in [-0.25, -0.2) is 0 Å². The van der Waals surface area contributed by atoms with Crippen molar-refractivity contribution in [2.75, 3.05) is 20.8 Å². The highest BCUT2D eigenvalue weighted by molar-refractivity contribution is 5.86. The van der Waals surface area contributed by atoms with E-state index in [4.69, 9.17) is 9.47 Å². The molecule has 4 rings (SSSR count). The van der Waals surface area contributed by atoms with Gasteiger partial charge in [-0.15, -0.1) is 0 Å². The molecule has 182 valence electrons. The Morgan fingerprint density at radius 1 is 0.886 bits per heavy atom. The third-order valence-corrected chi connectivity index (χ3v) is 6.32. The minimum Gasteiger partial charge on any atom is -0.497 e. The van der Waals surface area contributed by atoms with E-state index in [1.165, 1.54) is 10.9 Å². The smallest absolute Gasteiger partial charge is 0.220 e. The first-order valence-electron chi connectivity index (χ1n) is 12.1. The molecule has 4 aromatic rings. The number of nitrogens with one attached hydrogen (secondary N) is 1. The lowest BCUT2D eigenvalue weighted by Gasteiger charge is -2.18. The maximum Gasteiger partial charge on any atom is 0.220 e. The molecule has 0 fully saturated rings. The van der Waals surface area contributed by atoms with E-state index in [-0.39, 0.29) is 11.8 Å². The van der Waals surface area contributed by atoms with E-state index in [0.717, 1.165) is 34.7 Å². The Labute approximate surface area is 207 Å². The number of carbonyl (C=O) groups is 1. The van der Waals surface area contributed by atoms with Crippen molar-refractivity contribution in [3.63, 3.8) is 0 Å². The molecule has 0 aliphatic rings. The number of benzene rings is 3. The number of ether oxygens (including phenoxy) is 2. The quantitative estimate of drug-likeness (QED) is 0.309. The second-order valence-corrected chi connectivity index (χ2v) is 9.31. The zero-order valence-corrected chi connectivity index (χ0v) is 21.0. The van der Waals surface area contributed by atoms with Crippen LogP contribution in [-0.4, -0.2) is 31.2 Å². The van der Waals surface area contributed by atoms with Crippen LogP contribution < -0.4 is 14.8 Å². The zero-order valence-electron chi connectivity index (χ0n) is 21.0. The van der Waals surface area contributed by atoms with Crippen LogP contribution in [0, 0.1) is 5.92 Å². The number of para-hydroxylation sites is 1. The van der Waals surface area contributed by atoms with Gasteiger partial charge >= 0.3 is 0 Å². The van der Waals surface area contributed by atoms with Crippen molar-refractivity contribution >= 4 is 16.8 Å². The van der Waals surface area contributed by atoms with Gasteiger partial charge in [-0.2, -0.15) is 0 Å². The Balaban J connectivity index is 1.73. The fourth-order valence-corrected chi connectivity index (χ4v) is 4.43. The number of carbonyl (C=O) groups excluding carboxylic acids is 1. The minimum absolute atomic E-state index is 0.0616. The minimum atomic E-state index is -0.0740. The van der Waals surface area contributed by atoms with Crippen molar-refractivity contribution in [1.82, 2.24) is 9.88 Å². The van der Waals surface area contributed by atoms with Gasteiger partial charge in [-0.05, 0) is 52.9 Å². The van der Waals surface area contributed by atoms with Crippen LogP contribution in [0.2, 0.25) is 0 Å². The Kier molecular flexibility index (Phi) is 7.76. The van der Waals surface area contributed by atoms with Gasteiger partial charge in [0.25, 0.3) is 0 Å². The third-order valence-electron chi connectivity index (χ3n) is 6.32. The molecule has 1 aromatic heterocycles. The maximum atomic E-state index is 13.0. The summed E-state index contributed by atoms with van der Waals surface area (Å²) in [5, 5.41) is 4.26. The molecular formula is C30H34N2O3. The van der Waals surface area contributed by atoms with Crippen molar-refractivity contribution in [2.45, 2.75) is 32.7 Å². The molecule has 1 N–H and O–H groups in total. The van der Waals surface area contributed by atoms with Crippen LogP contribution in [0.15, 0.2) is 79.0 Å². The van der Waals surface area contributed by atoms with E-state index in [9.17, 15) is 4.79 Å². The normalized spacial score (nSPS) is 12.0. The number of methoxy groups -OCH3 is 2. The van der Waals surface area contributed by atoms with E-state index in [1.54, 1.807) is 14.2 Å². The Bertz CT molecular complexity index is 1260. The Morgan fingerprint density at radius 3 is 2.14 bits per heavy atom. The number of amides is 1. The molecule has 5 nitrogen and oxygen atoms in total. The van der Waals surface area contributed by atoms with Crippen LogP contribution >= 0.6 is 0 Å². The summed E-state index contributed by atoms with van der Waals surface area (Å²) in [7, 11) is 3.34. The van der Waals surface area contributed by atoms with E-state index < -0.39 is 0 Å². The highest BCUT2D eigenvalue weighted by Crippen LogP contribution is 2.36. The molecule has 0 saturated carbocycles. The number of rotatable bonds is 10. The number of aromatic nitrogens is 1. The monoisotopic (exact) mass is 470 g/mol. The molecule has 0 aliphatic carbocycles. The van der Waals surface area contributed by atoms with Crippen LogP contribution in [-0.2, 0) is 11.3 Å². The lowest BCUT2D eigenvalue weighted by molar-refractivity contribution is -0.121. The summed E-state index contributed by atoms with van der Waals surface area (Å²) >= 11 is 0. The van der Waals surface area contributed by atoms with Crippen molar-refractivity contribution in [3.8, 4) is 11.5 Å². The summed E-state index contributed by atoms with van der Waals surface area (Å²) in [5.41, 5.74) is 4.59. The molecule has 35 heavy (non-hydrogen) atoms. The molecule has 1 atom stereocenters. The van der Waals surface area contributed by atoms with Gasteiger partial charge in [0.05, 0.1) is 14.2 Å². The lowest BCUT2D eigenvalue weighted by Crippen LogP contribution is -2.28. The van der Waals surface area contributed by atoms with Crippen LogP contribution in [0.25, 0.3) is 10.9 Å². The first kappa shape index (κ1) is 24.4. The predicted molar refractivity (Wildman–Crippen MR) is 141 cm³/mol. The number of nitrogens with zero attached hydrogens (tertiary/aromatic N) is 1. The van der Waals surface area contributed by atoms with E-state index >= 15 is 0 Å². The second kappa shape index (κ2) is 11.1. The second-order valence-electron chi connectivity index (χ2n) is 9.31. The van der Waals surface area contributed by atoms with Gasteiger partial charge < -0.3 is 19.4 Å². The van der Waals surface area contributed by atoms with Gasteiger partial charge in [0.15, 0.2) is 0 Å². The van der Waals surface area contributed by atoms with Crippen molar-refractivity contribution in [2.24, 2.45) is 5.92 Å². The predicted octanol–water partition coefficient (Wildman–Crippen LogP) is 6.00. The molecule has 0 spiro atoms. The molecule has 5 heteroatoms. The standard InChI is InChI=1S/C30H34N2O3/c1-21(2)18-31-30(33)17-27(23-11-15-25(35-4)16-12-23)28-20-32(29-8-6-5-7-26(28)29)19-22-9-13-24(34-3)14-10-22/h5-16,20-21,27H,17-19H2,1-4H3,(H,31,33)/t27-/m1/s1. The van der Waals surface area contributed by atoms with Crippen LogP contribution in [0.3, 0.4) is 0 Å². The first-order valence-corrected chi connectivity index (χ1v) is 12.1. The van der Waals surface area contributed by atoms with Crippen LogP contribution in [0.5, 0.6) is 11.5 Å². The van der Waals surface area contributed by atoms with E-state index in [0.29, 0.717) is 18.9 Å². The average molecular weight is 471 g/mol. The molecule has 0 aliphatic heterocycles. The molecule has 0 saturated heterocycles. The maximum absolute atomic E-state index is 13.0. The molecule has 1 amide bonds. The summed E-state index contributed by atoms with van der Waals surface area (Å²) in [6.45, 7) is 5.62. The van der Waals surface area contributed by atoms with E-state index in [2.05, 4.69) is 78.5 Å². The van der Waals surface area contributed by atoms with Gasteiger partial charge in [0, 0.05) is 42.5 Å². The summed E-state index contributed by atoms with van der Waals surface area (Å²) in [6, 6.07) is 24.6. The SMILES string of the molecule is COc1ccc(Cn2cc([C@H](CC(=O)NCC(C)C)c3ccc(OC)cc3)c3ccccc32)cc1. The average Bonchev–Trinajstić information content (AvgIpc) is 3.24. The first-order chi connectivity index (χ1) is 17.0. The Morgan fingerprint density at radius 2 is 1.51 bits per heavy atom. The van der Waals surface area contributed by atoms with Crippen molar-refractivity contribution < 1.29 is 14.3 Å². The summed E-state index contributed by atoms with van der Waals surface area (Å²) in [5.74, 6) is 2.05.